The highest BCUT2D eigenvalue weighted by molar-refractivity contribution is 7.80. The number of halogens is 2. The van der Waals surface area contributed by atoms with Crippen LogP contribution in [0.15, 0.2) is 54.6 Å². The SMILES string of the molecule is N#Cc1ccc(OCc2nc(C3=CCN(Cc4nc5ccc(C(=O)O)cc5n4C(=S)[C@@H]4CCO4)C3)ccc2F)c(F)c1. The average molecular weight is 588 g/mol. The van der Waals surface area contributed by atoms with Crippen LogP contribution in [0.3, 0.4) is 0 Å². The van der Waals surface area contributed by atoms with Crippen molar-refractivity contribution in [2.45, 2.75) is 25.7 Å². The van der Waals surface area contributed by atoms with Crippen molar-refractivity contribution in [1.82, 2.24) is 19.4 Å². The van der Waals surface area contributed by atoms with Crippen LogP contribution < -0.4 is 4.74 Å². The molecule has 1 saturated heterocycles. The monoisotopic (exact) mass is 587 g/mol. The summed E-state index contributed by atoms with van der Waals surface area (Å²) in [7, 11) is 0. The summed E-state index contributed by atoms with van der Waals surface area (Å²) < 4.78 is 41.6. The summed E-state index contributed by atoms with van der Waals surface area (Å²) >= 11 is 5.74. The van der Waals surface area contributed by atoms with E-state index in [1.54, 1.807) is 18.2 Å². The van der Waals surface area contributed by atoms with Crippen LogP contribution in [0.1, 0.15) is 39.6 Å². The van der Waals surface area contributed by atoms with Crippen LogP contribution in [0.2, 0.25) is 0 Å². The van der Waals surface area contributed by atoms with Gasteiger partial charge in [0, 0.05) is 19.5 Å². The van der Waals surface area contributed by atoms with Crippen LogP contribution in [0.5, 0.6) is 5.75 Å². The zero-order valence-electron chi connectivity index (χ0n) is 22.1. The Morgan fingerprint density at radius 3 is 2.71 bits per heavy atom. The fourth-order valence-corrected chi connectivity index (χ4v) is 5.29. The minimum atomic E-state index is -1.04. The van der Waals surface area contributed by atoms with Crippen LogP contribution >= 0.6 is 12.2 Å². The van der Waals surface area contributed by atoms with E-state index in [1.165, 1.54) is 24.3 Å². The molecule has 1 N–H and O–H groups in total. The van der Waals surface area contributed by atoms with Gasteiger partial charge in [-0.05, 0) is 54.1 Å². The van der Waals surface area contributed by atoms with Gasteiger partial charge in [0.1, 0.15) is 35.0 Å². The first-order valence-electron chi connectivity index (χ1n) is 13.1. The molecule has 0 bridgehead atoms. The average Bonchev–Trinajstić information content (AvgIpc) is 3.56. The Bertz CT molecular complexity index is 1810. The third-order valence-electron chi connectivity index (χ3n) is 7.19. The second-order valence-electron chi connectivity index (χ2n) is 9.93. The number of nitrogens with zero attached hydrogens (tertiary/aromatic N) is 5. The van der Waals surface area contributed by atoms with Gasteiger partial charge in [0.25, 0.3) is 0 Å². The molecule has 0 spiro atoms. The molecule has 6 rings (SSSR count). The van der Waals surface area contributed by atoms with Crippen LogP contribution in [-0.4, -0.2) is 61.3 Å². The number of carboxylic acid groups (broad SMARTS) is 1. The number of rotatable bonds is 8. The summed E-state index contributed by atoms with van der Waals surface area (Å²) in [6.45, 7) is 1.82. The quantitative estimate of drug-likeness (QED) is 0.293. The minimum Gasteiger partial charge on any atom is -0.484 e. The van der Waals surface area contributed by atoms with Gasteiger partial charge >= 0.3 is 5.97 Å². The molecule has 2 aromatic heterocycles. The van der Waals surface area contributed by atoms with Gasteiger partial charge in [0.05, 0.1) is 47.1 Å². The van der Waals surface area contributed by atoms with Gasteiger partial charge in [-0.2, -0.15) is 5.26 Å². The molecule has 9 nitrogen and oxygen atoms in total. The summed E-state index contributed by atoms with van der Waals surface area (Å²) in [5.74, 6) is -1.77. The number of benzene rings is 2. The van der Waals surface area contributed by atoms with E-state index in [1.807, 2.05) is 16.7 Å². The highest BCUT2D eigenvalue weighted by Gasteiger charge is 2.29. The van der Waals surface area contributed by atoms with Gasteiger partial charge in [-0.1, -0.05) is 18.3 Å². The van der Waals surface area contributed by atoms with Gasteiger partial charge in [-0.15, -0.1) is 0 Å². The van der Waals surface area contributed by atoms with E-state index >= 15 is 0 Å². The number of imidazole rings is 1. The highest BCUT2D eigenvalue weighted by atomic mass is 32.1. The van der Waals surface area contributed by atoms with E-state index in [2.05, 4.69) is 9.88 Å². The van der Waals surface area contributed by atoms with Crippen molar-refractivity contribution in [1.29, 1.82) is 5.26 Å². The Labute approximate surface area is 244 Å². The summed E-state index contributed by atoms with van der Waals surface area (Å²) in [5, 5.41) is 18.4. The van der Waals surface area contributed by atoms with E-state index < -0.39 is 17.6 Å². The number of fused-ring (bicyclic) bond motifs is 1. The first kappa shape index (κ1) is 27.6. The molecule has 4 heterocycles. The maximum Gasteiger partial charge on any atom is 0.335 e. The molecule has 12 heteroatoms. The Hall–Kier alpha value is -4.57. The molecular formula is C30H23F2N5O4S. The van der Waals surface area contributed by atoms with E-state index in [4.69, 9.17) is 31.9 Å². The first-order chi connectivity index (χ1) is 20.3. The largest absolute Gasteiger partial charge is 0.484 e. The second kappa shape index (κ2) is 11.4. The number of nitriles is 1. The third-order valence-corrected chi connectivity index (χ3v) is 7.64. The summed E-state index contributed by atoms with van der Waals surface area (Å²) in [4.78, 5) is 23.5. The van der Waals surface area contributed by atoms with Crippen molar-refractivity contribution in [3.05, 3.63) is 94.6 Å². The van der Waals surface area contributed by atoms with Gasteiger partial charge < -0.3 is 14.6 Å². The van der Waals surface area contributed by atoms with Gasteiger partial charge in [-0.25, -0.2) is 23.5 Å². The maximum absolute atomic E-state index is 14.6. The summed E-state index contributed by atoms with van der Waals surface area (Å²) in [5.41, 5.74) is 3.01. The number of ether oxygens (including phenoxy) is 2. The van der Waals surface area contributed by atoms with Gasteiger partial charge in [0.2, 0.25) is 0 Å². The molecule has 1 atom stereocenters. The summed E-state index contributed by atoms with van der Waals surface area (Å²) in [6.07, 6.45) is 2.54. The molecule has 2 aliphatic rings. The number of pyridine rings is 1. The molecule has 1 fully saturated rings. The van der Waals surface area contributed by atoms with Crippen LogP contribution in [0.25, 0.3) is 16.6 Å². The molecule has 42 heavy (non-hydrogen) atoms. The number of carboxylic acids is 1. The molecule has 0 amide bonds. The standard InChI is InChI=1S/C30H23F2N5O4S/c31-20-3-5-22(34-24(20)16-41-26-6-1-17(13-33)11-21(26)32)19-7-9-36(14-19)15-28-35-23-4-2-18(30(38)39)12-25(23)37(28)29(42)27-8-10-40-27/h1-7,11-12,27H,8-10,14-16H2,(H,38,39)/t27-/m0/s1. The number of thiocarbonyl (C=S) groups is 1. The maximum atomic E-state index is 14.6. The Morgan fingerprint density at radius 1 is 1.17 bits per heavy atom. The topological polar surface area (TPSA) is 114 Å². The number of carbonyl (C=O) groups is 1. The molecule has 0 unspecified atom stereocenters. The third kappa shape index (κ3) is 5.37. The Balaban J connectivity index is 1.19. The Kier molecular flexibility index (Phi) is 7.47. The minimum absolute atomic E-state index is 0.0254. The lowest BCUT2D eigenvalue weighted by molar-refractivity contribution is -0.00581. The van der Waals surface area contributed by atoms with Crippen molar-refractivity contribution in [2.24, 2.45) is 0 Å². The van der Waals surface area contributed by atoms with Gasteiger partial charge in [0.15, 0.2) is 11.6 Å². The van der Waals surface area contributed by atoms with E-state index in [0.29, 0.717) is 53.8 Å². The zero-order valence-corrected chi connectivity index (χ0v) is 22.9. The Morgan fingerprint density at radius 2 is 2.00 bits per heavy atom. The fraction of sp³-hybridized carbons (Fsp3) is 0.233. The fourth-order valence-electron chi connectivity index (χ4n) is 4.90. The first-order valence-corrected chi connectivity index (χ1v) is 13.5. The van der Waals surface area contributed by atoms with Crippen molar-refractivity contribution < 1.29 is 28.2 Å². The van der Waals surface area contributed by atoms with E-state index in [0.717, 1.165) is 18.1 Å². The molecule has 0 saturated carbocycles. The van der Waals surface area contributed by atoms with Crippen LogP contribution in [-0.2, 0) is 17.9 Å². The van der Waals surface area contributed by atoms with Gasteiger partial charge in [-0.3, -0.25) is 9.47 Å². The normalized spacial score (nSPS) is 16.6. The zero-order chi connectivity index (χ0) is 29.4. The number of hydrogen-bond acceptors (Lipinski definition) is 8. The number of hydrogen-bond donors (Lipinski definition) is 1. The molecule has 0 radical (unpaired) electrons. The predicted octanol–water partition coefficient (Wildman–Crippen LogP) is 4.72. The lowest BCUT2D eigenvalue weighted by Gasteiger charge is -2.28. The number of aromatic carboxylic acids is 1. The highest BCUT2D eigenvalue weighted by Crippen LogP contribution is 2.27. The van der Waals surface area contributed by atoms with E-state index in [-0.39, 0.29) is 35.3 Å². The van der Waals surface area contributed by atoms with Crippen LogP contribution in [0.4, 0.5) is 8.78 Å². The van der Waals surface area contributed by atoms with Crippen molar-refractivity contribution in [3.63, 3.8) is 0 Å². The number of aromatic nitrogens is 3. The van der Waals surface area contributed by atoms with Crippen molar-refractivity contribution in [3.8, 4) is 11.8 Å². The summed E-state index contributed by atoms with van der Waals surface area (Å²) in [6, 6.07) is 13.3. The van der Waals surface area contributed by atoms with Crippen LogP contribution in [0, 0.1) is 23.0 Å². The molecule has 4 aromatic rings. The molecule has 0 aliphatic carbocycles. The van der Waals surface area contributed by atoms with Crippen molar-refractivity contribution >= 4 is 39.8 Å². The molecule has 212 valence electrons. The van der Waals surface area contributed by atoms with E-state index in [9.17, 15) is 18.7 Å². The lowest BCUT2D eigenvalue weighted by atomic mass is 10.1. The smallest absolute Gasteiger partial charge is 0.335 e. The molecule has 2 aromatic carbocycles. The molecule has 2 aliphatic heterocycles. The second-order valence-corrected chi connectivity index (χ2v) is 10.3. The lowest BCUT2D eigenvalue weighted by Crippen LogP contribution is -2.38. The predicted molar refractivity (Wildman–Crippen MR) is 152 cm³/mol. The molecular weight excluding hydrogens is 564 g/mol. The van der Waals surface area contributed by atoms with Crippen molar-refractivity contribution in [2.75, 3.05) is 19.7 Å².